The van der Waals surface area contributed by atoms with E-state index in [9.17, 15) is 27.6 Å². The summed E-state index contributed by atoms with van der Waals surface area (Å²) in [5, 5.41) is 8.97. The maximum atomic E-state index is 14.6. The van der Waals surface area contributed by atoms with E-state index in [1.807, 2.05) is 29.6 Å². The van der Waals surface area contributed by atoms with Gasteiger partial charge in [0.05, 0.1) is 30.6 Å². The summed E-state index contributed by atoms with van der Waals surface area (Å²) >= 11 is 13.8. The number of benzene rings is 2. The third-order valence-corrected chi connectivity index (χ3v) is 14.1. The fourth-order valence-corrected chi connectivity index (χ4v) is 10.0. The first kappa shape index (κ1) is 38.6. The molecule has 5 atom stereocenters. The summed E-state index contributed by atoms with van der Waals surface area (Å²) in [5.41, 5.74) is 1.72. The molecule has 3 aliphatic heterocycles. The van der Waals surface area contributed by atoms with Gasteiger partial charge in [0, 0.05) is 46.5 Å². The van der Waals surface area contributed by atoms with Crippen LogP contribution >= 0.6 is 34.5 Å². The Balaban J connectivity index is 1.06. The summed E-state index contributed by atoms with van der Waals surface area (Å²) in [6, 6.07) is 10.7. The number of hydrogen-bond donors (Lipinski definition) is 3. The molecule has 1 saturated heterocycles. The lowest BCUT2D eigenvalue weighted by Crippen LogP contribution is -2.57. The molecule has 5 aliphatic rings. The molecule has 2 aliphatic carbocycles. The highest BCUT2D eigenvalue weighted by Crippen LogP contribution is 2.46. The van der Waals surface area contributed by atoms with Gasteiger partial charge in [0.1, 0.15) is 23.7 Å². The molecule has 4 amide bonds. The predicted octanol–water partition coefficient (Wildman–Crippen LogP) is 4.87. The summed E-state index contributed by atoms with van der Waals surface area (Å²) in [6.07, 6.45) is 3.85. The standard InChI is InChI=1S/C38H40Cl2N6O8S2/c39-25-10-8-22(9-11-25)31-21-55-36(42-31)41-30-7-3-15-53-14-2-5-24-17-38(24,35(49)44-56(51,52)27-12-13-27)43-33(47)32-16-26(19-46(32)34(30)48)54-37(50)45-18-23-4-1-6-29(40)28(23)20-45/h1-2,4-6,8-11,21,24,26-27,30,32H,3,7,12-20H2,(H,41,42)(H,43,47)(H,44,49)/t24-,26-,30+,32+,38-/m1/s1. The molecule has 18 heteroatoms. The Morgan fingerprint density at radius 2 is 1.88 bits per heavy atom. The number of amides is 4. The number of aromatic nitrogens is 1. The highest BCUT2D eigenvalue weighted by molar-refractivity contribution is 7.91. The molecule has 3 fully saturated rings. The van der Waals surface area contributed by atoms with Gasteiger partial charge in [0.25, 0.3) is 5.91 Å². The molecule has 2 saturated carbocycles. The second-order valence-corrected chi connectivity index (χ2v) is 18.5. The molecule has 14 nitrogen and oxygen atoms in total. The minimum atomic E-state index is -3.92. The van der Waals surface area contributed by atoms with Gasteiger partial charge in [-0.3, -0.25) is 24.0 Å². The smallest absolute Gasteiger partial charge is 0.410 e. The zero-order chi connectivity index (χ0) is 39.2. The van der Waals surface area contributed by atoms with Crippen LogP contribution in [0, 0.1) is 5.92 Å². The first-order valence-corrected chi connectivity index (χ1v) is 21.7. The van der Waals surface area contributed by atoms with Gasteiger partial charge in [-0.1, -0.05) is 59.6 Å². The van der Waals surface area contributed by atoms with Gasteiger partial charge >= 0.3 is 6.09 Å². The van der Waals surface area contributed by atoms with E-state index < -0.39 is 68.7 Å². The predicted molar refractivity (Wildman–Crippen MR) is 209 cm³/mol. The van der Waals surface area contributed by atoms with Gasteiger partial charge in [-0.05, 0) is 61.4 Å². The summed E-state index contributed by atoms with van der Waals surface area (Å²) in [5.74, 6) is -2.42. The van der Waals surface area contributed by atoms with Crippen molar-refractivity contribution in [1.29, 1.82) is 0 Å². The van der Waals surface area contributed by atoms with Gasteiger partial charge in [0.2, 0.25) is 21.8 Å². The molecule has 0 radical (unpaired) electrons. The van der Waals surface area contributed by atoms with E-state index in [1.165, 1.54) is 21.1 Å². The van der Waals surface area contributed by atoms with Crippen molar-refractivity contribution in [1.82, 2.24) is 24.8 Å². The molecule has 1 aromatic heterocycles. The molecule has 3 N–H and O–H groups in total. The van der Waals surface area contributed by atoms with Crippen molar-refractivity contribution in [2.45, 2.75) is 80.6 Å². The molecule has 4 heterocycles. The van der Waals surface area contributed by atoms with Crippen molar-refractivity contribution in [2.24, 2.45) is 5.92 Å². The average molecular weight is 844 g/mol. The van der Waals surface area contributed by atoms with Crippen molar-refractivity contribution in [3.8, 4) is 11.3 Å². The number of carbonyl (C=O) groups excluding carboxylic acids is 4. The maximum Gasteiger partial charge on any atom is 0.410 e. The molecular formula is C38H40Cl2N6O8S2. The van der Waals surface area contributed by atoms with E-state index in [1.54, 1.807) is 30.4 Å². The van der Waals surface area contributed by atoms with E-state index in [0.29, 0.717) is 59.7 Å². The molecule has 0 bridgehead atoms. The molecule has 3 aromatic rings. The maximum absolute atomic E-state index is 14.6. The van der Waals surface area contributed by atoms with Crippen LogP contribution in [0.1, 0.15) is 49.7 Å². The van der Waals surface area contributed by atoms with Gasteiger partial charge in [-0.2, -0.15) is 0 Å². The van der Waals surface area contributed by atoms with Gasteiger partial charge in [-0.25, -0.2) is 18.2 Å². The first-order valence-electron chi connectivity index (χ1n) is 18.5. The zero-order valence-corrected chi connectivity index (χ0v) is 33.3. The largest absolute Gasteiger partial charge is 0.444 e. The fraction of sp³-hybridized carbons (Fsp3) is 0.447. The quantitative estimate of drug-likeness (QED) is 0.279. The number of nitrogens with zero attached hydrogens (tertiary/aromatic N) is 3. The van der Waals surface area contributed by atoms with Crippen LogP contribution in [0.2, 0.25) is 10.0 Å². The van der Waals surface area contributed by atoms with Gasteiger partial charge in [-0.15, -0.1) is 11.3 Å². The van der Waals surface area contributed by atoms with E-state index in [0.717, 1.165) is 16.7 Å². The third kappa shape index (κ3) is 8.12. The van der Waals surface area contributed by atoms with Crippen molar-refractivity contribution < 1.29 is 37.1 Å². The van der Waals surface area contributed by atoms with E-state index in [2.05, 4.69) is 15.4 Å². The topological polar surface area (TPSA) is 176 Å². The first-order chi connectivity index (χ1) is 26.9. The molecule has 296 valence electrons. The Kier molecular flexibility index (Phi) is 10.8. The van der Waals surface area contributed by atoms with Crippen LogP contribution in [0.15, 0.2) is 60.0 Å². The number of hydrogen-bond acceptors (Lipinski definition) is 11. The lowest BCUT2D eigenvalue weighted by atomic mass is 10.1. The molecule has 8 rings (SSSR count). The highest BCUT2D eigenvalue weighted by Gasteiger charge is 2.62. The van der Waals surface area contributed by atoms with Crippen LogP contribution in [-0.4, -0.2) is 95.8 Å². The molecular weight excluding hydrogens is 803 g/mol. The van der Waals surface area contributed by atoms with Crippen molar-refractivity contribution >= 4 is 73.5 Å². The zero-order valence-electron chi connectivity index (χ0n) is 30.1. The Morgan fingerprint density at radius 3 is 2.64 bits per heavy atom. The highest BCUT2D eigenvalue weighted by atomic mass is 35.5. The summed E-state index contributed by atoms with van der Waals surface area (Å²) in [4.78, 5) is 63.9. The van der Waals surface area contributed by atoms with E-state index in [4.69, 9.17) is 37.7 Å². The second-order valence-electron chi connectivity index (χ2n) is 14.8. The number of carbonyl (C=O) groups is 4. The molecule has 0 spiro atoms. The minimum absolute atomic E-state index is 0.0444. The monoisotopic (exact) mass is 842 g/mol. The molecule has 56 heavy (non-hydrogen) atoms. The van der Waals surface area contributed by atoms with Crippen LogP contribution < -0.4 is 15.4 Å². The Morgan fingerprint density at radius 1 is 1.07 bits per heavy atom. The van der Waals surface area contributed by atoms with Crippen LogP contribution in [0.3, 0.4) is 0 Å². The van der Waals surface area contributed by atoms with Crippen molar-refractivity contribution in [3.05, 3.63) is 81.2 Å². The van der Waals surface area contributed by atoms with E-state index in [-0.39, 0.29) is 32.5 Å². The van der Waals surface area contributed by atoms with Crippen LogP contribution in [0.5, 0.6) is 0 Å². The lowest BCUT2D eigenvalue weighted by Gasteiger charge is -2.29. The normalized spacial score (nSPS) is 26.6. The van der Waals surface area contributed by atoms with Gasteiger partial charge in [0.15, 0.2) is 5.13 Å². The average Bonchev–Trinajstić information content (AvgIpc) is 3.97. The summed E-state index contributed by atoms with van der Waals surface area (Å²) in [6.45, 7) is 1.00. The molecule has 0 unspecified atom stereocenters. The number of ether oxygens (including phenoxy) is 2. The number of anilines is 1. The van der Waals surface area contributed by atoms with Gasteiger partial charge < -0.3 is 25.0 Å². The number of sulfonamides is 1. The number of rotatable bonds is 7. The van der Waals surface area contributed by atoms with Crippen LogP contribution in [0.4, 0.5) is 9.93 Å². The lowest BCUT2D eigenvalue weighted by molar-refractivity contribution is -0.140. The SMILES string of the molecule is O=C1N[C@]2(C(=O)NS(=O)(=O)C3CC3)C[C@H]2C=CCOCCC[C@H](Nc2nc(-c3ccc(Cl)cc3)cs2)C(=O)N2C[C@H](OC(=O)N3Cc4cccc(Cl)c4C3)C[C@@H]12. The number of fused-ring (bicyclic) bond motifs is 3. The Hall–Kier alpha value is -4.22. The fourth-order valence-electron chi connectivity index (χ4n) is 7.53. The number of nitrogens with one attached hydrogen (secondary N) is 3. The Labute approximate surface area is 337 Å². The van der Waals surface area contributed by atoms with Crippen molar-refractivity contribution in [3.63, 3.8) is 0 Å². The summed E-state index contributed by atoms with van der Waals surface area (Å²) < 4.78 is 39.6. The number of thiazole rings is 1. The third-order valence-electron chi connectivity index (χ3n) is 10.9. The van der Waals surface area contributed by atoms with Crippen LogP contribution in [-0.2, 0) is 47.0 Å². The molecule has 2 aromatic carbocycles. The van der Waals surface area contributed by atoms with E-state index >= 15 is 0 Å². The second kappa shape index (κ2) is 15.6. The number of halogens is 2. The summed E-state index contributed by atoms with van der Waals surface area (Å²) in [7, 11) is -3.92. The Bertz CT molecular complexity index is 2180. The van der Waals surface area contributed by atoms with Crippen molar-refractivity contribution in [2.75, 3.05) is 25.1 Å². The van der Waals surface area contributed by atoms with Crippen LogP contribution in [0.25, 0.3) is 11.3 Å². The minimum Gasteiger partial charge on any atom is -0.444 e.